The van der Waals surface area contributed by atoms with Crippen LogP contribution in [0.5, 0.6) is 0 Å². The van der Waals surface area contributed by atoms with Crippen LogP contribution in [-0.2, 0) is 13.5 Å². The molecule has 1 aromatic heterocycles. The van der Waals surface area contributed by atoms with Crippen molar-refractivity contribution in [1.29, 1.82) is 0 Å². The van der Waals surface area contributed by atoms with Crippen molar-refractivity contribution in [2.45, 2.75) is 32.2 Å². The molecule has 1 N–H and O–H groups in total. The van der Waals surface area contributed by atoms with E-state index in [0.29, 0.717) is 5.56 Å². The first kappa shape index (κ1) is 15.6. The number of halogens is 2. The molecule has 2 aromatic rings. The van der Waals surface area contributed by atoms with Crippen LogP contribution in [0.3, 0.4) is 0 Å². The van der Waals surface area contributed by atoms with Gasteiger partial charge in [-0.15, -0.1) is 0 Å². The number of aromatic nitrogens is 2. The highest BCUT2D eigenvalue weighted by molar-refractivity contribution is 5.22. The van der Waals surface area contributed by atoms with Gasteiger partial charge in [0.2, 0.25) is 0 Å². The van der Waals surface area contributed by atoms with Gasteiger partial charge in [-0.1, -0.05) is 6.92 Å². The average molecular weight is 293 g/mol. The SMILES string of the molecule is CCCNC(CCc1cnn(C)c1)c1cc(F)cc(F)c1. The van der Waals surface area contributed by atoms with E-state index in [9.17, 15) is 8.78 Å². The molecule has 0 amide bonds. The molecule has 114 valence electrons. The molecule has 1 atom stereocenters. The van der Waals surface area contributed by atoms with Crippen LogP contribution >= 0.6 is 0 Å². The number of benzene rings is 1. The van der Waals surface area contributed by atoms with E-state index in [0.717, 1.165) is 37.4 Å². The maximum absolute atomic E-state index is 13.4. The number of nitrogens with zero attached hydrogens (tertiary/aromatic N) is 2. The smallest absolute Gasteiger partial charge is 0.126 e. The highest BCUT2D eigenvalue weighted by Crippen LogP contribution is 2.21. The van der Waals surface area contributed by atoms with E-state index >= 15 is 0 Å². The summed E-state index contributed by atoms with van der Waals surface area (Å²) in [5.41, 5.74) is 1.78. The first-order valence-electron chi connectivity index (χ1n) is 7.25. The summed E-state index contributed by atoms with van der Waals surface area (Å²) in [6.45, 7) is 2.88. The second kappa shape index (κ2) is 7.31. The molecule has 0 saturated heterocycles. The lowest BCUT2D eigenvalue weighted by Gasteiger charge is -2.19. The summed E-state index contributed by atoms with van der Waals surface area (Å²) in [6.07, 6.45) is 6.34. The Morgan fingerprint density at radius 1 is 1.24 bits per heavy atom. The molecular weight excluding hydrogens is 272 g/mol. The van der Waals surface area contributed by atoms with Gasteiger partial charge < -0.3 is 5.32 Å². The molecule has 0 bridgehead atoms. The average Bonchev–Trinajstić information content (AvgIpc) is 2.83. The Hall–Kier alpha value is -1.75. The summed E-state index contributed by atoms with van der Waals surface area (Å²) in [6, 6.07) is 3.65. The van der Waals surface area contributed by atoms with Crippen molar-refractivity contribution in [2.24, 2.45) is 7.05 Å². The zero-order valence-electron chi connectivity index (χ0n) is 12.4. The van der Waals surface area contributed by atoms with Crippen LogP contribution in [0.2, 0.25) is 0 Å². The van der Waals surface area contributed by atoms with E-state index in [1.807, 2.05) is 19.4 Å². The second-order valence-corrected chi connectivity index (χ2v) is 5.27. The minimum Gasteiger partial charge on any atom is -0.310 e. The van der Waals surface area contributed by atoms with Crippen molar-refractivity contribution in [3.05, 3.63) is 53.4 Å². The molecule has 0 saturated carbocycles. The number of hydrogen-bond acceptors (Lipinski definition) is 2. The lowest BCUT2D eigenvalue weighted by molar-refractivity contribution is 0.490. The quantitative estimate of drug-likeness (QED) is 0.848. The first-order chi connectivity index (χ1) is 10.1. The molecule has 2 rings (SSSR count). The molecule has 1 aromatic carbocycles. The van der Waals surface area contributed by atoms with E-state index in [1.54, 1.807) is 4.68 Å². The van der Waals surface area contributed by atoms with Crippen LogP contribution in [0, 0.1) is 11.6 Å². The maximum atomic E-state index is 13.4. The number of nitrogens with one attached hydrogen (secondary N) is 1. The lowest BCUT2D eigenvalue weighted by atomic mass is 9.99. The van der Waals surface area contributed by atoms with Gasteiger partial charge in [-0.05, 0) is 49.1 Å². The van der Waals surface area contributed by atoms with E-state index in [4.69, 9.17) is 0 Å². The molecule has 3 nitrogen and oxygen atoms in total. The second-order valence-electron chi connectivity index (χ2n) is 5.27. The first-order valence-corrected chi connectivity index (χ1v) is 7.25. The molecule has 1 unspecified atom stereocenters. The molecule has 5 heteroatoms. The number of hydrogen-bond donors (Lipinski definition) is 1. The van der Waals surface area contributed by atoms with Gasteiger partial charge in [-0.2, -0.15) is 5.10 Å². The van der Waals surface area contributed by atoms with Gasteiger partial charge in [0.25, 0.3) is 0 Å². The fourth-order valence-electron chi connectivity index (χ4n) is 2.39. The fraction of sp³-hybridized carbons (Fsp3) is 0.438. The van der Waals surface area contributed by atoms with Crippen LogP contribution < -0.4 is 5.32 Å². The van der Waals surface area contributed by atoms with E-state index in [2.05, 4.69) is 17.3 Å². The van der Waals surface area contributed by atoms with E-state index < -0.39 is 11.6 Å². The van der Waals surface area contributed by atoms with Gasteiger partial charge in [0.1, 0.15) is 11.6 Å². The Labute approximate surface area is 124 Å². The monoisotopic (exact) mass is 293 g/mol. The Kier molecular flexibility index (Phi) is 5.44. The van der Waals surface area contributed by atoms with Gasteiger partial charge in [-0.25, -0.2) is 8.78 Å². The topological polar surface area (TPSA) is 29.9 Å². The number of aryl methyl sites for hydroxylation is 2. The molecule has 21 heavy (non-hydrogen) atoms. The van der Waals surface area contributed by atoms with Gasteiger partial charge >= 0.3 is 0 Å². The molecular formula is C16H21F2N3. The minimum absolute atomic E-state index is 0.0599. The predicted molar refractivity (Wildman–Crippen MR) is 78.9 cm³/mol. The normalized spacial score (nSPS) is 12.6. The molecule has 0 aliphatic heterocycles. The molecule has 0 aliphatic rings. The fourth-order valence-corrected chi connectivity index (χ4v) is 2.39. The van der Waals surface area contributed by atoms with Crippen molar-refractivity contribution in [1.82, 2.24) is 15.1 Å². The van der Waals surface area contributed by atoms with Crippen LogP contribution in [0.25, 0.3) is 0 Å². The van der Waals surface area contributed by atoms with E-state index in [-0.39, 0.29) is 6.04 Å². The summed E-state index contributed by atoms with van der Waals surface area (Å²) >= 11 is 0. The van der Waals surface area contributed by atoms with Gasteiger partial charge in [0, 0.05) is 25.4 Å². The third-order valence-electron chi connectivity index (χ3n) is 3.41. The highest BCUT2D eigenvalue weighted by atomic mass is 19.1. The molecule has 0 fully saturated rings. The summed E-state index contributed by atoms with van der Waals surface area (Å²) in [4.78, 5) is 0. The number of rotatable bonds is 7. The van der Waals surface area contributed by atoms with Crippen molar-refractivity contribution >= 4 is 0 Å². The van der Waals surface area contributed by atoms with Crippen molar-refractivity contribution in [2.75, 3.05) is 6.54 Å². The Morgan fingerprint density at radius 3 is 2.52 bits per heavy atom. The molecule has 0 radical (unpaired) electrons. The van der Waals surface area contributed by atoms with Crippen LogP contribution in [0.4, 0.5) is 8.78 Å². The van der Waals surface area contributed by atoms with Crippen LogP contribution in [0.15, 0.2) is 30.6 Å². The van der Waals surface area contributed by atoms with Crippen molar-refractivity contribution < 1.29 is 8.78 Å². The summed E-state index contributed by atoms with van der Waals surface area (Å²) in [5.74, 6) is -1.07. The third kappa shape index (κ3) is 4.63. The van der Waals surface area contributed by atoms with Gasteiger partial charge in [0.15, 0.2) is 0 Å². The van der Waals surface area contributed by atoms with Gasteiger partial charge in [0.05, 0.1) is 6.20 Å². The minimum atomic E-state index is -0.533. The zero-order valence-corrected chi connectivity index (χ0v) is 12.4. The molecule has 0 aliphatic carbocycles. The third-order valence-corrected chi connectivity index (χ3v) is 3.41. The zero-order chi connectivity index (χ0) is 15.2. The Bertz CT molecular complexity index is 560. The summed E-state index contributed by atoms with van der Waals surface area (Å²) < 4.78 is 28.5. The largest absolute Gasteiger partial charge is 0.310 e. The molecule has 1 heterocycles. The summed E-state index contributed by atoms with van der Waals surface area (Å²) in [5, 5.41) is 7.49. The Balaban J connectivity index is 2.09. The lowest BCUT2D eigenvalue weighted by Crippen LogP contribution is -2.23. The van der Waals surface area contributed by atoms with Crippen molar-refractivity contribution in [3.63, 3.8) is 0 Å². The standard InChI is InChI=1S/C16H21F2N3/c1-3-6-19-16(5-4-12-10-20-21(2)11-12)13-7-14(17)9-15(18)8-13/h7-11,16,19H,3-6H2,1-2H3. The van der Waals surface area contributed by atoms with Gasteiger partial charge in [-0.3, -0.25) is 4.68 Å². The van der Waals surface area contributed by atoms with Crippen LogP contribution in [-0.4, -0.2) is 16.3 Å². The van der Waals surface area contributed by atoms with Crippen LogP contribution in [0.1, 0.15) is 36.9 Å². The van der Waals surface area contributed by atoms with Crippen molar-refractivity contribution in [3.8, 4) is 0 Å². The van der Waals surface area contributed by atoms with E-state index in [1.165, 1.54) is 12.1 Å². The Morgan fingerprint density at radius 2 is 1.95 bits per heavy atom. The predicted octanol–water partition coefficient (Wildman–Crippen LogP) is 3.37. The molecule has 0 spiro atoms. The summed E-state index contributed by atoms with van der Waals surface area (Å²) in [7, 11) is 1.87. The maximum Gasteiger partial charge on any atom is 0.126 e. The highest BCUT2D eigenvalue weighted by Gasteiger charge is 2.13.